The molecule has 2 rings (SSSR count). The molecule has 2 aromatic rings. The molecule has 0 spiro atoms. The maximum atomic E-state index is 5.95. The predicted octanol–water partition coefficient (Wildman–Crippen LogP) is 5.63. The van der Waals surface area contributed by atoms with Crippen molar-refractivity contribution in [2.75, 3.05) is 0 Å². The lowest BCUT2D eigenvalue weighted by atomic mass is 10.0. The Labute approximate surface area is 114 Å². The molecule has 0 saturated heterocycles. The Bertz CT molecular complexity index is 536. The van der Waals surface area contributed by atoms with Crippen LogP contribution in [0, 0.1) is 0 Å². The van der Waals surface area contributed by atoms with Crippen molar-refractivity contribution in [2.24, 2.45) is 0 Å². The van der Waals surface area contributed by atoms with Crippen LogP contribution >= 0.6 is 11.6 Å². The molecular weight excluding hydrogens is 240 g/mol. The number of hydrogen-bond donors (Lipinski definition) is 0. The molecule has 0 atom stereocenters. The molecule has 0 radical (unpaired) electrons. The highest BCUT2D eigenvalue weighted by molar-refractivity contribution is 6.30. The summed E-state index contributed by atoms with van der Waals surface area (Å²) in [5, 5.41) is 0.771. The maximum Gasteiger partial charge on any atom is 0.0411 e. The first-order chi connectivity index (χ1) is 8.65. The molecule has 0 aliphatic rings. The molecule has 0 fully saturated rings. The third kappa shape index (κ3) is 3.48. The van der Waals surface area contributed by atoms with Crippen molar-refractivity contribution < 1.29 is 0 Å². The lowest BCUT2D eigenvalue weighted by Crippen LogP contribution is -1.85. The smallest absolute Gasteiger partial charge is 0.0411 e. The van der Waals surface area contributed by atoms with Crippen LogP contribution in [0.3, 0.4) is 0 Å². The van der Waals surface area contributed by atoms with Gasteiger partial charge in [-0.2, -0.15) is 0 Å². The van der Waals surface area contributed by atoms with Gasteiger partial charge >= 0.3 is 0 Å². The summed E-state index contributed by atoms with van der Waals surface area (Å²) >= 11 is 5.95. The monoisotopic (exact) mass is 256 g/mol. The highest BCUT2D eigenvalue weighted by atomic mass is 35.5. The quantitative estimate of drug-likeness (QED) is 0.624. The Balaban J connectivity index is 2.14. The Morgan fingerprint density at radius 2 is 1.56 bits per heavy atom. The van der Waals surface area contributed by atoms with E-state index in [1.165, 1.54) is 11.1 Å². The van der Waals surface area contributed by atoms with Gasteiger partial charge in [-0.3, -0.25) is 0 Å². The molecule has 0 amide bonds. The van der Waals surface area contributed by atoms with Gasteiger partial charge in [-0.15, -0.1) is 0 Å². The summed E-state index contributed by atoms with van der Waals surface area (Å²) in [7, 11) is 0. The van der Waals surface area contributed by atoms with Crippen LogP contribution in [0.2, 0.25) is 5.02 Å². The van der Waals surface area contributed by atoms with E-state index in [4.69, 9.17) is 11.6 Å². The minimum absolute atomic E-state index is 0.580. The van der Waals surface area contributed by atoms with Gasteiger partial charge in [0.25, 0.3) is 0 Å². The molecule has 0 nitrogen and oxygen atoms in total. The average Bonchev–Trinajstić information content (AvgIpc) is 2.37. The largest absolute Gasteiger partial charge is 0.0843 e. The minimum Gasteiger partial charge on any atom is -0.0843 e. The number of benzene rings is 2. The molecule has 0 saturated carbocycles. The van der Waals surface area contributed by atoms with Crippen molar-refractivity contribution in [3.8, 4) is 0 Å². The van der Waals surface area contributed by atoms with Gasteiger partial charge in [-0.1, -0.05) is 74.0 Å². The minimum atomic E-state index is 0.580. The SMILES string of the molecule is CC(C)c1ccc(/C=C/c2cccc(Cl)c2)cc1. The Morgan fingerprint density at radius 3 is 2.17 bits per heavy atom. The van der Waals surface area contributed by atoms with Crippen molar-refractivity contribution in [3.05, 3.63) is 70.2 Å². The molecule has 18 heavy (non-hydrogen) atoms. The first-order valence-electron chi connectivity index (χ1n) is 6.19. The summed E-state index contributed by atoms with van der Waals surface area (Å²) < 4.78 is 0. The summed E-state index contributed by atoms with van der Waals surface area (Å²) in [6.45, 7) is 4.41. The van der Waals surface area contributed by atoms with Crippen molar-refractivity contribution in [2.45, 2.75) is 19.8 Å². The third-order valence-corrected chi connectivity index (χ3v) is 3.16. The molecule has 0 unspecified atom stereocenters. The lowest BCUT2D eigenvalue weighted by Gasteiger charge is -2.04. The van der Waals surface area contributed by atoms with Crippen molar-refractivity contribution in [1.29, 1.82) is 0 Å². The molecule has 0 bridgehead atoms. The summed E-state index contributed by atoms with van der Waals surface area (Å²) in [6, 6.07) is 16.5. The molecule has 0 aliphatic carbocycles. The van der Waals surface area contributed by atoms with Gasteiger partial charge in [0.15, 0.2) is 0 Å². The second-order valence-corrected chi connectivity index (χ2v) is 5.15. The van der Waals surface area contributed by atoms with Crippen molar-refractivity contribution in [1.82, 2.24) is 0 Å². The zero-order valence-electron chi connectivity index (χ0n) is 10.7. The summed E-state index contributed by atoms with van der Waals surface area (Å²) in [4.78, 5) is 0. The van der Waals surface area contributed by atoms with E-state index >= 15 is 0 Å². The van der Waals surface area contributed by atoms with Crippen LogP contribution in [-0.2, 0) is 0 Å². The Morgan fingerprint density at radius 1 is 0.889 bits per heavy atom. The molecular formula is C17H17Cl. The lowest BCUT2D eigenvalue weighted by molar-refractivity contribution is 0.866. The van der Waals surface area contributed by atoms with Crippen LogP contribution in [0.5, 0.6) is 0 Å². The van der Waals surface area contributed by atoms with Gasteiger partial charge < -0.3 is 0 Å². The van der Waals surface area contributed by atoms with Gasteiger partial charge in [0.1, 0.15) is 0 Å². The van der Waals surface area contributed by atoms with E-state index in [1.807, 2.05) is 24.3 Å². The molecule has 0 aliphatic heterocycles. The van der Waals surface area contributed by atoms with Gasteiger partial charge in [0.2, 0.25) is 0 Å². The van der Waals surface area contributed by atoms with Crippen molar-refractivity contribution in [3.63, 3.8) is 0 Å². The van der Waals surface area contributed by atoms with E-state index in [-0.39, 0.29) is 0 Å². The van der Waals surface area contributed by atoms with Gasteiger partial charge in [0.05, 0.1) is 0 Å². The second kappa shape index (κ2) is 5.88. The maximum absolute atomic E-state index is 5.95. The zero-order valence-corrected chi connectivity index (χ0v) is 11.5. The molecule has 0 heterocycles. The number of halogens is 1. The van der Waals surface area contributed by atoms with Crippen molar-refractivity contribution >= 4 is 23.8 Å². The fourth-order valence-corrected chi connectivity index (χ4v) is 1.99. The first-order valence-corrected chi connectivity index (χ1v) is 6.56. The van der Waals surface area contributed by atoms with Gasteiger partial charge in [-0.05, 0) is 34.7 Å². The predicted molar refractivity (Wildman–Crippen MR) is 80.9 cm³/mol. The van der Waals surface area contributed by atoms with E-state index in [0.717, 1.165) is 10.6 Å². The van der Waals surface area contributed by atoms with Gasteiger partial charge in [0, 0.05) is 5.02 Å². The number of hydrogen-bond acceptors (Lipinski definition) is 0. The fraction of sp³-hybridized carbons (Fsp3) is 0.176. The Kier molecular flexibility index (Phi) is 4.22. The zero-order chi connectivity index (χ0) is 13.0. The topological polar surface area (TPSA) is 0 Å². The van der Waals surface area contributed by atoms with E-state index < -0.39 is 0 Å². The fourth-order valence-electron chi connectivity index (χ4n) is 1.79. The van der Waals surface area contributed by atoms with Crippen LogP contribution in [0.1, 0.15) is 36.5 Å². The first kappa shape index (κ1) is 12.9. The summed E-state index contributed by atoms with van der Waals surface area (Å²) in [5.74, 6) is 0.580. The van der Waals surface area contributed by atoms with Crippen LogP contribution in [0.15, 0.2) is 48.5 Å². The van der Waals surface area contributed by atoms with E-state index in [9.17, 15) is 0 Å². The van der Waals surface area contributed by atoms with Crippen LogP contribution in [0.25, 0.3) is 12.2 Å². The Hall–Kier alpha value is -1.53. The second-order valence-electron chi connectivity index (χ2n) is 4.71. The summed E-state index contributed by atoms with van der Waals surface area (Å²) in [5.41, 5.74) is 3.70. The molecule has 92 valence electrons. The third-order valence-electron chi connectivity index (χ3n) is 2.92. The highest BCUT2D eigenvalue weighted by Gasteiger charge is 1.97. The van der Waals surface area contributed by atoms with Crippen LogP contribution in [-0.4, -0.2) is 0 Å². The normalized spacial score (nSPS) is 11.3. The van der Waals surface area contributed by atoms with E-state index in [1.54, 1.807) is 0 Å². The van der Waals surface area contributed by atoms with Gasteiger partial charge in [-0.25, -0.2) is 0 Å². The van der Waals surface area contributed by atoms with E-state index in [2.05, 4.69) is 50.3 Å². The number of rotatable bonds is 3. The molecule has 1 heteroatoms. The highest BCUT2D eigenvalue weighted by Crippen LogP contribution is 2.17. The molecule has 0 aromatic heterocycles. The molecule has 0 N–H and O–H groups in total. The average molecular weight is 257 g/mol. The van der Waals surface area contributed by atoms with Crippen LogP contribution in [0.4, 0.5) is 0 Å². The molecule has 2 aromatic carbocycles. The standard InChI is InChI=1S/C17H17Cl/c1-13(2)16-10-8-14(9-11-16)6-7-15-4-3-5-17(18)12-15/h3-13H,1-2H3/b7-6+. The van der Waals surface area contributed by atoms with E-state index in [0.29, 0.717) is 5.92 Å². The summed E-state index contributed by atoms with van der Waals surface area (Å²) in [6.07, 6.45) is 4.19. The van der Waals surface area contributed by atoms with Crippen LogP contribution < -0.4 is 0 Å².